The molecule has 0 amide bonds. The molecule has 1 N–H and O–H groups in total. The van der Waals surface area contributed by atoms with Crippen molar-refractivity contribution in [2.24, 2.45) is 0 Å². The molecule has 0 aliphatic carbocycles. The number of fused-ring (bicyclic) bond motifs is 1. The van der Waals surface area contributed by atoms with E-state index in [2.05, 4.69) is 49.4 Å². The Bertz CT molecular complexity index is 1100. The van der Waals surface area contributed by atoms with Crippen LogP contribution in [0.25, 0.3) is 11.1 Å². The van der Waals surface area contributed by atoms with Crippen molar-refractivity contribution >= 4 is 17.6 Å². The topological polar surface area (TPSA) is 49.8 Å². The van der Waals surface area contributed by atoms with Crippen molar-refractivity contribution in [3.8, 4) is 11.1 Å². The van der Waals surface area contributed by atoms with Crippen LogP contribution in [0.3, 0.4) is 0 Å². The van der Waals surface area contributed by atoms with E-state index in [1.54, 1.807) is 0 Å². The van der Waals surface area contributed by atoms with Gasteiger partial charge in [0, 0.05) is 11.6 Å². The number of nitrogens with zero attached hydrogens (tertiary/aromatic N) is 1. The van der Waals surface area contributed by atoms with Gasteiger partial charge in [0.1, 0.15) is 5.60 Å². The third kappa shape index (κ3) is 4.52. The highest BCUT2D eigenvalue weighted by molar-refractivity contribution is 6.30. The summed E-state index contributed by atoms with van der Waals surface area (Å²) in [5, 5.41) is 9.79. The lowest BCUT2D eigenvalue weighted by Crippen LogP contribution is -2.34. The van der Waals surface area contributed by atoms with Crippen molar-refractivity contribution in [3.05, 3.63) is 94.0 Å². The van der Waals surface area contributed by atoms with Crippen molar-refractivity contribution in [2.45, 2.75) is 25.6 Å². The summed E-state index contributed by atoms with van der Waals surface area (Å²) in [5.41, 5.74) is 6.28. The average molecular weight is 436 g/mol. The van der Waals surface area contributed by atoms with E-state index >= 15 is 0 Å². The van der Waals surface area contributed by atoms with Gasteiger partial charge in [0.2, 0.25) is 0 Å². The second-order valence-corrected chi connectivity index (χ2v) is 8.68. The average Bonchev–Trinajstić information content (AvgIpc) is 3.11. The number of carboxylic acid groups (broad SMARTS) is 1. The molecule has 4 rings (SSSR count). The Morgan fingerprint density at radius 3 is 2.55 bits per heavy atom. The van der Waals surface area contributed by atoms with E-state index in [1.807, 2.05) is 36.2 Å². The van der Waals surface area contributed by atoms with Crippen LogP contribution in [-0.2, 0) is 21.7 Å². The van der Waals surface area contributed by atoms with E-state index in [1.165, 1.54) is 16.7 Å². The van der Waals surface area contributed by atoms with Crippen LogP contribution in [0, 0.1) is 6.92 Å². The van der Waals surface area contributed by atoms with Gasteiger partial charge in [-0.05, 0) is 66.4 Å². The summed E-state index contributed by atoms with van der Waals surface area (Å²) < 4.78 is 6.49. The minimum Gasteiger partial charge on any atom is -0.480 e. The lowest BCUT2D eigenvalue weighted by atomic mass is 9.82. The second-order valence-electron chi connectivity index (χ2n) is 8.25. The van der Waals surface area contributed by atoms with Gasteiger partial charge in [0.05, 0.1) is 13.2 Å². The molecular formula is C26H26ClNO3. The van der Waals surface area contributed by atoms with Gasteiger partial charge in [-0.15, -0.1) is 0 Å². The molecule has 0 radical (unpaired) electrons. The quantitative estimate of drug-likeness (QED) is 0.532. The molecule has 3 aromatic carbocycles. The van der Waals surface area contributed by atoms with Gasteiger partial charge in [-0.3, -0.25) is 9.69 Å². The predicted molar refractivity (Wildman–Crippen MR) is 123 cm³/mol. The Balaban J connectivity index is 1.72. The minimum atomic E-state index is -0.835. The van der Waals surface area contributed by atoms with Crippen molar-refractivity contribution in [1.29, 1.82) is 0 Å². The SMILES string of the molecule is Cc1cccc(-c2ccc3c(c2)COC3(CCN(C)CC(=O)O)c2ccc(Cl)cc2)c1. The standard InChI is InChI=1S/C26H26ClNO3/c1-18-4-3-5-19(14-18)20-6-11-24-21(15-20)17-31-26(24,12-13-28(2)16-25(29)30)22-7-9-23(27)10-8-22/h3-11,14-15H,12-13,16-17H2,1-2H3,(H,29,30). The van der Waals surface area contributed by atoms with E-state index < -0.39 is 11.6 Å². The highest BCUT2D eigenvalue weighted by Gasteiger charge is 2.41. The number of rotatable bonds is 7. The lowest BCUT2D eigenvalue weighted by molar-refractivity contribution is -0.138. The summed E-state index contributed by atoms with van der Waals surface area (Å²) in [4.78, 5) is 12.9. The van der Waals surface area contributed by atoms with Crippen LogP contribution in [0.2, 0.25) is 5.02 Å². The van der Waals surface area contributed by atoms with Crippen LogP contribution >= 0.6 is 11.6 Å². The Morgan fingerprint density at radius 2 is 1.84 bits per heavy atom. The number of benzene rings is 3. The predicted octanol–water partition coefficient (Wildman–Crippen LogP) is 5.50. The number of hydrogen-bond acceptors (Lipinski definition) is 3. The molecule has 1 atom stereocenters. The molecule has 1 aliphatic rings. The summed E-state index contributed by atoms with van der Waals surface area (Å²) in [6, 6.07) is 22.8. The maximum Gasteiger partial charge on any atom is 0.317 e. The third-order valence-corrected chi connectivity index (χ3v) is 6.18. The Labute approximate surface area is 188 Å². The summed E-state index contributed by atoms with van der Waals surface area (Å²) in [6.07, 6.45) is 0.648. The zero-order chi connectivity index (χ0) is 22.0. The summed E-state index contributed by atoms with van der Waals surface area (Å²) in [5.74, 6) is -0.835. The number of aryl methyl sites for hydroxylation is 1. The summed E-state index contributed by atoms with van der Waals surface area (Å²) in [6.45, 7) is 3.20. The number of hydrogen-bond donors (Lipinski definition) is 1. The van der Waals surface area contributed by atoms with Crippen LogP contribution in [-0.4, -0.2) is 36.1 Å². The van der Waals surface area contributed by atoms with Crippen LogP contribution in [0.5, 0.6) is 0 Å². The van der Waals surface area contributed by atoms with Gasteiger partial charge in [-0.25, -0.2) is 0 Å². The minimum absolute atomic E-state index is 0.00412. The van der Waals surface area contributed by atoms with E-state index in [-0.39, 0.29) is 6.54 Å². The molecule has 3 aromatic rings. The number of halogens is 1. The third-order valence-electron chi connectivity index (χ3n) is 5.93. The van der Waals surface area contributed by atoms with Gasteiger partial charge in [0.25, 0.3) is 0 Å². The molecule has 4 nitrogen and oxygen atoms in total. The molecule has 0 saturated heterocycles. The largest absolute Gasteiger partial charge is 0.480 e. The number of carbonyl (C=O) groups is 1. The van der Waals surface area contributed by atoms with Crippen LogP contribution in [0.15, 0.2) is 66.7 Å². The highest BCUT2D eigenvalue weighted by atomic mass is 35.5. The van der Waals surface area contributed by atoms with E-state index in [0.29, 0.717) is 24.6 Å². The van der Waals surface area contributed by atoms with E-state index in [9.17, 15) is 4.79 Å². The molecule has 1 heterocycles. The first-order valence-corrected chi connectivity index (χ1v) is 10.8. The fraction of sp³-hybridized carbons (Fsp3) is 0.269. The Kier molecular flexibility index (Phi) is 6.15. The molecule has 0 aromatic heterocycles. The fourth-order valence-electron chi connectivity index (χ4n) is 4.36. The van der Waals surface area contributed by atoms with Crippen LogP contribution in [0.1, 0.15) is 28.7 Å². The van der Waals surface area contributed by atoms with E-state index in [4.69, 9.17) is 21.4 Å². The first kappa shape index (κ1) is 21.6. The van der Waals surface area contributed by atoms with Crippen molar-refractivity contribution in [3.63, 3.8) is 0 Å². The molecule has 160 valence electrons. The van der Waals surface area contributed by atoms with E-state index in [0.717, 1.165) is 16.7 Å². The first-order chi connectivity index (χ1) is 14.9. The Hall–Kier alpha value is -2.66. The maximum absolute atomic E-state index is 11.1. The smallest absolute Gasteiger partial charge is 0.317 e. The Morgan fingerprint density at radius 1 is 1.10 bits per heavy atom. The van der Waals surface area contributed by atoms with Gasteiger partial charge in [0.15, 0.2) is 0 Å². The molecule has 1 aliphatic heterocycles. The number of likely N-dealkylation sites (N-methyl/N-ethyl adjacent to an activating group) is 1. The zero-order valence-electron chi connectivity index (χ0n) is 17.8. The fourth-order valence-corrected chi connectivity index (χ4v) is 4.48. The van der Waals surface area contributed by atoms with Crippen LogP contribution < -0.4 is 0 Å². The second kappa shape index (κ2) is 8.83. The molecule has 31 heavy (non-hydrogen) atoms. The maximum atomic E-state index is 11.1. The molecule has 0 bridgehead atoms. The van der Waals surface area contributed by atoms with Gasteiger partial charge in [-0.1, -0.05) is 65.7 Å². The number of carboxylic acids is 1. The molecule has 1 unspecified atom stereocenters. The normalized spacial score (nSPS) is 17.7. The lowest BCUT2D eigenvalue weighted by Gasteiger charge is -2.32. The van der Waals surface area contributed by atoms with Crippen molar-refractivity contribution < 1.29 is 14.6 Å². The summed E-state index contributed by atoms with van der Waals surface area (Å²) in [7, 11) is 1.82. The van der Waals surface area contributed by atoms with Crippen molar-refractivity contribution in [2.75, 3.05) is 20.1 Å². The molecule has 0 fully saturated rings. The monoisotopic (exact) mass is 435 g/mol. The molecule has 0 saturated carbocycles. The van der Waals surface area contributed by atoms with Crippen LogP contribution in [0.4, 0.5) is 0 Å². The highest BCUT2D eigenvalue weighted by Crippen LogP contribution is 2.46. The molecule has 5 heteroatoms. The van der Waals surface area contributed by atoms with Gasteiger partial charge in [-0.2, -0.15) is 0 Å². The number of aliphatic carboxylic acids is 1. The number of ether oxygens (including phenoxy) is 1. The molecular weight excluding hydrogens is 410 g/mol. The molecule has 0 spiro atoms. The van der Waals surface area contributed by atoms with Crippen molar-refractivity contribution in [1.82, 2.24) is 4.90 Å². The van der Waals surface area contributed by atoms with Gasteiger partial charge < -0.3 is 9.84 Å². The van der Waals surface area contributed by atoms with Gasteiger partial charge >= 0.3 is 5.97 Å². The zero-order valence-corrected chi connectivity index (χ0v) is 18.5. The summed E-state index contributed by atoms with van der Waals surface area (Å²) >= 11 is 6.14. The first-order valence-electron chi connectivity index (χ1n) is 10.4.